The molecule has 202 valence electrons. The number of fused-ring (bicyclic) bond motifs is 1. The molecule has 1 aromatic heterocycles. The number of methoxy groups -OCH3 is 1. The second kappa shape index (κ2) is 11.8. The molecule has 3 N–H and O–H groups in total. The largest absolute Gasteiger partial charge is 0.385 e. The number of rotatable bonds is 7. The molecule has 0 spiro atoms. The third-order valence-electron chi connectivity index (χ3n) is 8.41. The van der Waals surface area contributed by atoms with Gasteiger partial charge in [0.25, 0.3) is 0 Å². The van der Waals surface area contributed by atoms with E-state index in [4.69, 9.17) is 15.5 Å². The SMILES string of the molecule is COCCCn1c(C2CCCN(C(=O)[C@@H]3CN(C(=O)NC4CCCCC4)C[C@H]3N)C2)nc2ccccc21. The zero-order chi connectivity index (χ0) is 25.8. The van der Waals surface area contributed by atoms with Crippen molar-refractivity contribution in [1.29, 1.82) is 0 Å². The van der Waals surface area contributed by atoms with Crippen molar-refractivity contribution in [2.24, 2.45) is 11.7 Å². The lowest BCUT2D eigenvalue weighted by atomic mass is 9.94. The third-order valence-corrected chi connectivity index (χ3v) is 8.41. The summed E-state index contributed by atoms with van der Waals surface area (Å²) in [5.41, 5.74) is 8.57. The number of amides is 3. The first-order valence-corrected chi connectivity index (χ1v) is 14.1. The number of carbonyl (C=O) groups excluding carboxylic acids is 2. The number of piperidine rings is 1. The van der Waals surface area contributed by atoms with Gasteiger partial charge in [-0.3, -0.25) is 4.79 Å². The number of nitrogens with one attached hydrogen (secondary N) is 1. The number of nitrogens with zero attached hydrogens (tertiary/aromatic N) is 4. The highest BCUT2D eigenvalue weighted by molar-refractivity contribution is 5.83. The molecule has 9 nitrogen and oxygen atoms in total. The highest BCUT2D eigenvalue weighted by Gasteiger charge is 2.41. The fourth-order valence-electron chi connectivity index (χ4n) is 6.40. The number of hydrogen-bond acceptors (Lipinski definition) is 5. The summed E-state index contributed by atoms with van der Waals surface area (Å²) >= 11 is 0. The summed E-state index contributed by atoms with van der Waals surface area (Å²) < 4.78 is 7.60. The quantitative estimate of drug-likeness (QED) is 0.557. The molecule has 5 rings (SSSR count). The predicted molar refractivity (Wildman–Crippen MR) is 143 cm³/mol. The highest BCUT2D eigenvalue weighted by atomic mass is 16.5. The molecule has 0 bridgehead atoms. The summed E-state index contributed by atoms with van der Waals surface area (Å²) in [6.45, 7) is 3.75. The average molecular weight is 511 g/mol. The number of hydrogen-bond donors (Lipinski definition) is 2. The number of urea groups is 1. The molecular weight excluding hydrogens is 468 g/mol. The summed E-state index contributed by atoms with van der Waals surface area (Å²) in [6.07, 6.45) is 8.52. The monoisotopic (exact) mass is 510 g/mol. The Kier molecular flexibility index (Phi) is 8.30. The average Bonchev–Trinajstić information content (AvgIpc) is 3.50. The molecule has 3 amide bonds. The van der Waals surface area contributed by atoms with E-state index in [2.05, 4.69) is 28.1 Å². The van der Waals surface area contributed by atoms with E-state index in [0.29, 0.717) is 26.2 Å². The second-order valence-corrected chi connectivity index (χ2v) is 11.0. The minimum Gasteiger partial charge on any atom is -0.385 e. The van der Waals surface area contributed by atoms with Crippen LogP contribution >= 0.6 is 0 Å². The third kappa shape index (κ3) is 5.77. The zero-order valence-electron chi connectivity index (χ0n) is 22.1. The predicted octanol–water partition coefficient (Wildman–Crippen LogP) is 3.08. The van der Waals surface area contributed by atoms with E-state index >= 15 is 0 Å². The van der Waals surface area contributed by atoms with E-state index in [1.807, 2.05) is 11.0 Å². The molecule has 3 aliphatic rings. The minimum absolute atomic E-state index is 0.0704. The number of para-hydroxylation sites is 2. The van der Waals surface area contributed by atoms with Crippen molar-refractivity contribution >= 4 is 23.0 Å². The lowest BCUT2D eigenvalue weighted by Gasteiger charge is -2.35. The van der Waals surface area contributed by atoms with Gasteiger partial charge in [0.05, 0.1) is 17.0 Å². The van der Waals surface area contributed by atoms with Gasteiger partial charge < -0.3 is 30.2 Å². The van der Waals surface area contributed by atoms with Crippen LogP contribution in [0, 0.1) is 5.92 Å². The van der Waals surface area contributed by atoms with E-state index in [9.17, 15) is 9.59 Å². The van der Waals surface area contributed by atoms with Gasteiger partial charge in [0.15, 0.2) is 0 Å². The van der Waals surface area contributed by atoms with Crippen LogP contribution in [0.15, 0.2) is 24.3 Å². The van der Waals surface area contributed by atoms with Gasteiger partial charge in [0, 0.05) is 64.4 Å². The van der Waals surface area contributed by atoms with Crippen molar-refractivity contribution < 1.29 is 14.3 Å². The molecule has 1 aromatic carbocycles. The molecule has 9 heteroatoms. The van der Waals surface area contributed by atoms with E-state index in [1.165, 1.54) is 19.3 Å². The van der Waals surface area contributed by atoms with Gasteiger partial charge in [-0.1, -0.05) is 31.4 Å². The van der Waals surface area contributed by atoms with Crippen LogP contribution in [-0.4, -0.2) is 83.3 Å². The Balaban J connectivity index is 1.25. The van der Waals surface area contributed by atoms with Crippen LogP contribution in [0.4, 0.5) is 4.79 Å². The van der Waals surface area contributed by atoms with E-state index in [0.717, 1.165) is 62.1 Å². The Morgan fingerprint density at radius 1 is 1.05 bits per heavy atom. The molecule has 3 fully saturated rings. The second-order valence-electron chi connectivity index (χ2n) is 11.0. The molecule has 37 heavy (non-hydrogen) atoms. The van der Waals surface area contributed by atoms with E-state index in [1.54, 1.807) is 12.0 Å². The number of ether oxygens (including phenoxy) is 1. The first-order valence-electron chi connectivity index (χ1n) is 14.1. The Hall–Kier alpha value is -2.65. The first-order chi connectivity index (χ1) is 18.0. The maximum atomic E-state index is 13.7. The van der Waals surface area contributed by atoms with Crippen molar-refractivity contribution in [1.82, 2.24) is 24.7 Å². The molecule has 1 aliphatic carbocycles. The Bertz CT molecular complexity index is 1080. The number of imidazole rings is 1. The first kappa shape index (κ1) is 26.0. The lowest BCUT2D eigenvalue weighted by molar-refractivity contribution is -0.136. The lowest BCUT2D eigenvalue weighted by Crippen LogP contribution is -2.47. The molecular formula is C28H42N6O3. The summed E-state index contributed by atoms with van der Waals surface area (Å²) in [5.74, 6) is 0.957. The van der Waals surface area contributed by atoms with Crippen LogP contribution in [0.1, 0.15) is 63.1 Å². The van der Waals surface area contributed by atoms with Crippen molar-refractivity contribution in [2.45, 2.75) is 75.9 Å². The highest BCUT2D eigenvalue weighted by Crippen LogP contribution is 2.31. The Morgan fingerprint density at radius 3 is 2.68 bits per heavy atom. The number of likely N-dealkylation sites (tertiary alicyclic amines) is 2. The van der Waals surface area contributed by atoms with Gasteiger partial charge >= 0.3 is 6.03 Å². The molecule has 1 saturated carbocycles. The van der Waals surface area contributed by atoms with E-state index in [-0.39, 0.29) is 35.9 Å². The van der Waals surface area contributed by atoms with Crippen molar-refractivity contribution in [3.8, 4) is 0 Å². The molecule has 0 radical (unpaired) electrons. The van der Waals surface area contributed by atoms with Gasteiger partial charge in [-0.05, 0) is 44.2 Å². The molecule has 2 aromatic rings. The van der Waals surface area contributed by atoms with Crippen LogP contribution in [0.5, 0.6) is 0 Å². The van der Waals surface area contributed by atoms with Gasteiger partial charge in [-0.25, -0.2) is 9.78 Å². The van der Waals surface area contributed by atoms with Crippen molar-refractivity contribution in [2.75, 3.05) is 39.9 Å². The molecule has 3 atom stereocenters. The maximum absolute atomic E-state index is 13.7. The zero-order valence-corrected chi connectivity index (χ0v) is 22.1. The number of aryl methyl sites for hydroxylation is 1. The van der Waals surface area contributed by atoms with E-state index < -0.39 is 0 Å². The van der Waals surface area contributed by atoms with Crippen LogP contribution in [0.2, 0.25) is 0 Å². The van der Waals surface area contributed by atoms with Crippen molar-refractivity contribution in [3.63, 3.8) is 0 Å². The molecule has 2 aliphatic heterocycles. The Morgan fingerprint density at radius 2 is 1.86 bits per heavy atom. The molecule has 2 saturated heterocycles. The fourth-order valence-corrected chi connectivity index (χ4v) is 6.40. The van der Waals surface area contributed by atoms with Gasteiger partial charge in [-0.2, -0.15) is 0 Å². The topological polar surface area (TPSA) is 106 Å². The van der Waals surface area contributed by atoms with Crippen LogP contribution in [0.3, 0.4) is 0 Å². The molecule has 1 unspecified atom stereocenters. The Labute approximate surface area is 219 Å². The summed E-state index contributed by atoms with van der Waals surface area (Å²) in [5, 5.41) is 3.18. The van der Waals surface area contributed by atoms with Gasteiger partial charge in [0.1, 0.15) is 5.82 Å². The normalized spacial score (nSPS) is 25.1. The van der Waals surface area contributed by atoms with Gasteiger partial charge in [0.2, 0.25) is 5.91 Å². The van der Waals surface area contributed by atoms with Crippen LogP contribution < -0.4 is 11.1 Å². The standard InChI is InChI=1S/C28H42N6O3/c1-37-16-8-15-34-25-13-6-5-12-24(25)31-26(34)20-9-7-14-32(17-20)27(35)22-18-33(19-23(22)29)28(36)30-21-10-3-2-4-11-21/h5-6,12-13,20-23H,2-4,7-11,14-19,29H2,1H3,(H,30,36)/t20?,22-,23-/m1/s1. The van der Waals surface area contributed by atoms with Crippen LogP contribution in [-0.2, 0) is 16.1 Å². The number of carbonyl (C=O) groups is 2. The number of nitrogens with two attached hydrogens (primary N) is 1. The summed E-state index contributed by atoms with van der Waals surface area (Å²) in [4.78, 5) is 35.3. The summed E-state index contributed by atoms with van der Waals surface area (Å²) in [7, 11) is 1.73. The number of benzene rings is 1. The summed E-state index contributed by atoms with van der Waals surface area (Å²) in [6, 6.07) is 8.10. The van der Waals surface area contributed by atoms with Gasteiger partial charge in [-0.15, -0.1) is 0 Å². The number of aromatic nitrogens is 2. The maximum Gasteiger partial charge on any atom is 0.317 e. The smallest absolute Gasteiger partial charge is 0.317 e. The fraction of sp³-hybridized carbons (Fsp3) is 0.679. The van der Waals surface area contributed by atoms with Crippen LogP contribution in [0.25, 0.3) is 11.0 Å². The van der Waals surface area contributed by atoms with Crippen molar-refractivity contribution in [3.05, 3.63) is 30.1 Å². The minimum atomic E-state index is -0.351. The molecule has 3 heterocycles.